The molecule has 0 amide bonds. The van der Waals surface area contributed by atoms with Crippen LogP contribution in [0.15, 0.2) is 83.9 Å². The van der Waals surface area contributed by atoms with Gasteiger partial charge in [0.05, 0.1) is 6.54 Å². The van der Waals surface area contributed by atoms with E-state index in [1.54, 1.807) is 0 Å². The minimum absolute atomic E-state index is 0.843. The van der Waals surface area contributed by atoms with Crippen molar-refractivity contribution in [2.75, 3.05) is 13.1 Å². The second-order valence-electron chi connectivity index (χ2n) is 6.00. The third kappa shape index (κ3) is 2.95. The van der Waals surface area contributed by atoms with Crippen molar-refractivity contribution in [1.29, 1.82) is 0 Å². The van der Waals surface area contributed by atoms with Crippen LogP contribution in [0, 0.1) is 0 Å². The number of hydrogen-bond donors (Lipinski definition) is 1. The molecule has 3 aromatic rings. The third-order valence-corrected chi connectivity index (χ3v) is 4.43. The summed E-state index contributed by atoms with van der Waals surface area (Å²) in [6.07, 6.45) is 0.843. The lowest BCUT2D eigenvalue weighted by molar-refractivity contribution is 0.953. The summed E-state index contributed by atoms with van der Waals surface area (Å²) in [5.74, 6) is 1.09. The van der Waals surface area contributed by atoms with Gasteiger partial charge in [0.2, 0.25) is 0 Å². The third-order valence-electron chi connectivity index (χ3n) is 4.43. The highest BCUT2D eigenvalue weighted by Crippen LogP contribution is 2.33. The maximum atomic E-state index is 4.61. The Bertz CT molecular complexity index is 794. The van der Waals surface area contributed by atoms with E-state index < -0.39 is 0 Å². The van der Waals surface area contributed by atoms with Gasteiger partial charge in [-0.05, 0) is 27.8 Å². The van der Waals surface area contributed by atoms with Crippen LogP contribution in [0.1, 0.15) is 5.56 Å². The van der Waals surface area contributed by atoms with Crippen molar-refractivity contribution in [2.45, 2.75) is 6.42 Å². The molecule has 1 heterocycles. The lowest BCUT2D eigenvalue weighted by Gasteiger charge is -2.16. The maximum absolute atomic E-state index is 4.61. The molecule has 0 unspecified atom stereocenters. The van der Waals surface area contributed by atoms with E-state index >= 15 is 0 Å². The Morgan fingerprint density at radius 1 is 0.708 bits per heavy atom. The number of nitrogens with zero attached hydrogens (tertiary/aromatic N) is 1. The highest BCUT2D eigenvalue weighted by molar-refractivity contribution is 5.91. The van der Waals surface area contributed by atoms with Crippen LogP contribution in [0.2, 0.25) is 0 Å². The van der Waals surface area contributed by atoms with Gasteiger partial charge in [-0.2, -0.15) is 0 Å². The van der Waals surface area contributed by atoms with E-state index in [1.807, 2.05) is 0 Å². The van der Waals surface area contributed by atoms with Crippen LogP contribution >= 0.6 is 0 Å². The minimum atomic E-state index is 0.843. The van der Waals surface area contributed by atoms with Gasteiger partial charge in [-0.25, -0.2) is 0 Å². The van der Waals surface area contributed by atoms with Gasteiger partial charge >= 0.3 is 0 Å². The molecule has 0 spiro atoms. The monoisotopic (exact) mass is 312 g/mol. The average molecular weight is 312 g/mol. The summed E-state index contributed by atoms with van der Waals surface area (Å²) in [6, 6.07) is 27.8. The van der Waals surface area contributed by atoms with Gasteiger partial charge in [-0.3, -0.25) is 4.99 Å². The molecule has 0 radical (unpaired) electrons. The van der Waals surface area contributed by atoms with Gasteiger partial charge in [0.1, 0.15) is 5.84 Å². The summed E-state index contributed by atoms with van der Waals surface area (Å²) in [6.45, 7) is 1.83. The smallest absolute Gasteiger partial charge is 0.101 e. The lowest BCUT2D eigenvalue weighted by Crippen LogP contribution is -2.21. The summed E-state index contributed by atoms with van der Waals surface area (Å²) in [7, 11) is 0. The molecule has 1 N–H and O–H groups in total. The van der Waals surface area contributed by atoms with Crippen molar-refractivity contribution in [3.05, 3.63) is 84.4 Å². The normalized spacial score (nSPS) is 13.4. The number of amidine groups is 1. The molecule has 0 aliphatic carbocycles. The van der Waals surface area contributed by atoms with E-state index in [0.29, 0.717) is 0 Å². The Morgan fingerprint density at radius 3 is 1.79 bits per heavy atom. The first-order valence-corrected chi connectivity index (χ1v) is 8.42. The Labute approximate surface area is 142 Å². The van der Waals surface area contributed by atoms with Crippen LogP contribution in [0.25, 0.3) is 22.3 Å². The zero-order valence-electron chi connectivity index (χ0n) is 13.6. The molecule has 3 aromatic carbocycles. The zero-order chi connectivity index (χ0) is 16.2. The van der Waals surface area contributed by atoms with Crippen molar-refractivity contribution in [1.82, 2.24) is 5.32 Å². The first-order valence-electron chi connectivity index (χ1n) is 8.42. The summed E-state index contributed by atoms with van der Waals surface area (Å²) < 4.78 is 0. The number of hydrogen-bond acceptors (Lipinski definition) is 2. The van der Waals surface area contributed by atoms with Crippen molar-refractivity contribution >= 4 is 5.84 Å². The molecule has 0 saturated carbocycles. The van der Waals surface area contributed by atoms with E-state index in [9.17, 15) is 0 Å². The second-order valence-corrected chi connectivity index (χ2v) is 6.00. The van der Waals surface area contributed by atoms with Crippen LogP contribution < -0.4 is 5.32 Å². The molecule has 0 bridgehead atoms. The van der Waals surface area contributed by atoms with Crippen LogP contribution in [-0.2, 0) is 6.42 Å². The highest BCUT2D eigenvalue weighted by Gasteiger charge is 2.15. The SMILES string of the molecule is c1ccc(-c2cccc(-c3ccccc3)c2CC2=NCCN2)cc1. The first kappa shape index (κ1) is 14.7. The Morgan fingerprint density at radius 2 is 1.29 bits per heavy atom. The average Bonchev–Trinajstić information content (AvgIpc) is 3.16. The largest absolute Gasteiger partial charge is 0.372 e. The number of aliphatic imine (C=N–C) groups is 1. The number of benzene rings is 3. The highest BCUT2D eigenvalue weighted by atomic mass is 15.1. The zero-order valence-corrected chi connectivity index (χ0v) is 13.6. The summed E-state index contributed by atoms with van der Waals surface area (Å²) in [4.78, 5) is 4.61. The van der Waals surface area contributed by atoms with E-state index in [2.05, 4.69) is 89.2 Å². The number of rotatable bonds is 4. The molecular weight excluding hydrogens is 292 g/mol. The second kappa shape index (κ2) is 6.71. The van der Waals surface area contributed by atoms with Crippen molar-refractivity contribution in [3.63, 3.8) is 0 Å². The van der Waals surface area contributed by atoms with Crippen molar-refractivity contribution in [3.8, 4) is 22.3 Å². The Kier molecular flexibility index (Phi) is 4.11. The van der Waals surface area contributed by atoms with Crippen molar-refractivity contribution < 1.29 is 0 Å². The molecule has 1 aliphatic heterocycles. The quantitative estimate of drug-likeness (QED) is 0.750. The fourth-order valence-corrected chi connectivity index (χ4v) is 3.29. The van der Waals surface area contributed by atoms with E-state index in [1.165, 1.54) is 27.8 Å². The van der Waals surface area contributed by atoms with Crippen LogP contribution in [0.4, 0.5) is 0 Å². The molecular formula is C22H20N2. The lowest BCUT2D eigenvalue weighted by atomic mass is 9.90. The maximum Gasteiger partial charge on any atom is 0.101 e. The van der Waals surface area contributed by atoms with Gasteiger partial charge < -0.3 is 5.32 Å². The summed E-state index contributed by atoms with van der Waals surface area (Å²) >= 11 is 0. The molecule has 4 rings (SSSR count). The van der Waals surface area contributed by atoms with Gasteiger partial charge in [-0.15, -0.1) is 0 Å². The molecule has 118 valence electrons. The fourth-order valence-electron chi connectivity index (χ4n) is 3.29. The molecule has 24 heavy (non-hydrogen) atoms. The van der Waals surface area contributed by atoms with Crippen LogP contribution in [-0.4, -0.2) is 18.9 Å². The van der Waals surface area contributed by atoms with Crippen LogP contribution in [0.5, 0.6) is 0 Å². The molecule has 0 saturated heterocycles. The van der Waals surface area contributed by atoms with Crippen molar-refractivity contribution in [2.24, 2.45) is 4.99 Å². The molecule has 0 aromatic heterocycles. The predicted molar refractivity (Wildman–Crippen MR) is 101 cm³/mol. The Hall–Kier alpha value is -2.87. The van der Waals surface area contributed by atoms with Gasteiger partial charge in [0.15, 0.2) is 0 Å². The first-order chi connectivity index (χ1) is 11.9. The molecule has 0 atom stereocenters. The molecule has 2 heteroatoms. The van der Waals surface area contributed by atoms with E-state index in [0.717, 1.165) is 25.3 Å². The molecule has 1 aliphatic rings. The van der Waals surface area contributed by atoms with Gasteiger partial charge in [-0.1, -0.05) is 78.9 Å². The minimum Gasteiger partial charge on any atom is -0.372 e. The van der Waals surface area contributed by atoms with Gasteiger partial charge in [0, 0.05) is 13.0 Å². The summed E-state index contributed by atoms with van der Waals surface area (Å²) in [5, 5.41) is 3.41. The topological polar surface area (TPSA) is 24.4 Å². The van der Waals surface area contributed by atoms with E-state index in [-0.39, 0.29) is 0 Å². The number of nitrogens with one attached hydrogen (secondary N) is 1. The summed E-state index contributed by atoms with van der Waals surface area (Å²) in [5.41, 5.74) is 6.41. The molecule has 0 fully saturated rings. The van der Waals surface area contributed by atoms with E-state index in [4.69, 9.17) is 0 Å². The molecule has 2 nitrogen and oxygen atoms in total. The Balaban J connectivity index is 1.87. The standard InChI is InChI=1S/C22H20N2/c1-3-8-17(9-4-1)19-12-7-13-20(18-10-5-2-6-11-18)21(19)16-22-23-14-15-24-22/h1-13H,14-16H2,(H,23,24). The fraction of sp³-hybridized carbons (Fsp3) is 0.136. The predicted octanol–water partition coefficient (Wildman–Crippen LogP) is 4.56. The van der Waals surface area contributed by atoms with Crippen LogP contribution in [0.3, 0.4) is 0 Å². The van der Waals surface area contributed by atoms with Gasteiger partial charge in [0.25, 0.3) is 0 Å².